The van der Waals surface area contributed by atoms with E-state index >= 15 is 0 Å². The van der Waals surface area contributed by atoms with Crippen LogP contribution in [-0.4, -0.2) is 45.2 Å². The Morgan fingerprint density at radius 2 is 1.93 bits per heavy atom. The number of rotatable bonds is 7. The van der Waals surface area contributed by atoms with Gasteiger partial charge in [-0.15, -0.1) is 0 Å². The van der Waals surface area contributed by atoms with E-state index in [1.54, 1.807) is 43.4 Å². The number of hydrogen-bond acceptors (Lipinski definition) is 8. The second kappa shape index (κ2) is 10.6. The molecule has 2 bridgehead atoms. The van der Waals surface area contributed by atoms with Gasteiger partial charge in [0.25, 0.3) is 11.1 Å². The Morgan fingerprint density at radius 1 is 1.12 bits per heavy atom. The zero-order chi connectivity index (χ0) is 29.7. The molecule has 2 aliphatic heterocycles. The molecule has 218 valence electrons. The number of nitrogens with two attached hydrogens (primary N) is 1. The Hall–Kier alpha value is -4.64. The number of aryl methyl sites for hydroxylation is 1. The summed E-state index contributed by atoms with van der Waals surface area (Å²) in [5.74, 6) is -1.33. The fourth-order valence-corrected chi connectivity index (χ4v) is 6.60. The first-order valence-electron chi connectivity index (χ1n) is 13.9. The van der Waals surface area contributed by atoms with E-state index < -0.39 is 28.6 Å². The first-order chi connectivity index (χ1) is 20.1. The average Bonchev–Trinajstić information content (AvgIpc) is 2.96. The Balaban J connectivity index is 1.37. The van der Waals surface area contributed by atoms with Crippen LogP contribution in [-0.2, 0) is 24.9 Å². The number of primary amides is 1. The molecule has 3 N–H and O–H groups in total. The summed E-state index contributed by atoms with van der Waals surface area (Å²) in [5, 5.41) is 11.5. The number of fused-ring (bicyclic) bond motifs is 5. The molecule has 0 radical (unpaired) electrons. The van der Waals surface area contributed by atoms with E-state index in [4.69, 9.17) is 14.9 Å². The number of piperidine rings is 1. The summed E-state index contributed by atoms with van der Waals surface area (Å²) in [6.07, 6.45) is 0.624. The van der Waals surface area contributed by atoms with Crippen LogP contribution in [0.25, 0.3) is 10.9 Å². The van der Waals surface area contributed by atoms with Crippen molar-refractivity contribution in [2.45, 2.75) is 37.8 Å². The van der Waals surface area contributed by atoms with Crippen LogP contribution in [0.15, 0.2) is 67.3 Å². The van der Waals surface area contributed by atoms with Gasteiger partial charge in [0.05, 0.1) is 25.1 Å². The molecule has 1 saturated heterocycles. The van der Waals surface area contributed by atoms with Crippen molar-refractivity contribution in [1.29, 1.82) is 0 Å². The predicted octanol–water partition coefficient (Wildman–Crippen LogP) is 1.99. The number of aromatic hydroxyl groups is 1. The lowest BCUT2D eigenvalue weighted by molar-refractivity contribution is -0.118. The molecule has 42 heavy (non-hydrogen) atoms. The molecule has 5 heterocycles. The molecular weight excluding hydrogens is 540 g/mol. The number of hydrogen-bond donors (Lipinski definition) is 2. The summed E-state index contributed by atoms with van der Waals surface area (Å²) in [4.78, 5) is 53.3. The summed E-state index contributed by atoms with van der Waals surface area (Å²) < 4.78 is 14.7. The second-order valence-corrected chi connectivity index (χ2v) is 11.3. The number of carbonyl (C=O) groups excluding carboxylic acids is 1. The van der Waals surface area contributed by atoms with Crippen molar-refractivity contribution in [3.8, 4) is 11.5 Å². The van der Waals surface area contributed by atoms with Gasteiger partial charge in [-0.25, -0.2) is 0 Å². The Bertz CT molecular complexity index is 1890. The number of carbonyl (C=O) groups is 1. The SMILES string of the molecule is COc1ccc2cc(C(CC(N)=O)c3oc(CN4C[C@H]5C[C@@H](C4)c4cccc(=O)n4C5)cc(=O)c3O)c(=O)n(C)c2c1. The number of aromatic nitrogens is 2. The van der Waals surface area contributed by atoms with E-state index in [9.17, 15) is 24.3 Å². The summed E-state index contributed by atoms with van der Waals surface area (Å²) in [6.45, 7) is 2.28. The Kier molecular flexibility index (Phi) is 6.97. The van der Waals surface area contributed by atoms with Gasteiger partial charge in [-0.05, 0) is 42.0 Å². The highest BCUT2D eigenvalue weighted by atomic mass is 16.5. The van der Waals surface area contributed by atoms with Crippen molar-refractivity contribution in [2.75, 3.05) is 20.2 Å². The number of methoxy groups -OCH3 is 1. The fourth-order valence-electron chi connectivity index (χ4n) is 6.60. The molecule has 0 saturated carbocycles. The number of benzene rings is 1. The zero-order valence-corrected chi connectivity index (χ0v) is 23.4. The van der Waals surface area contributed by atoms with Crippen LogP contribution >= 0.6 is 0 Å². The van der Waals surface area contributed by atoms with Crippen molar-refractivity contribution < 1.29 is 19.1 Å². The van der Waals surface area contributed by atoms with Gasteiger partial charge in [0.1, 0.15) is 11.5 Å². The molecule has 6 rings (SSSR count). The normalized spacial score (nSPS) is 18.9. The zero-order valence-electron chi connectivity index (χ0n) is 23.4. The monoisotopic (exact) mass is 572 g/mol. The molecule has 1 unspecified atom stereocenters. The number of amides is 1. The average molecular weight is 573 g/mol. The van der Waals surface area contributed by atoms with Crippen LogP contribution in [0, 0.1) is 5.92 Å². The minimum Gasteiger partial charge on any atom is -0.502 e. The van der Waals surface area contributed by atoms with E-state index in [2.05, 4.69) is 4.90 Å². The molecule has 3 atom stereocenters. The Labute approximate surface area is 240 Å². The summed E-state index contributed by atoms with van der Waals surface area (Å²) >= 11 is 0. The highest BCUT2D eigenvalue weighted by molar-refractivity contribution is 5.82. The maximum atomic E-state index is 13.5. The second-order valence-electron chi connectivity index (χ2n) is 11.3. The molecule has 1 fully saturated rings. The van der Waals surface area contributed by atoms with Crippen LogP contribution < -0.4 is 27.0 Å². The third-order valence-electron chi connectivity index (χ3n) is 8.49. The van der Waals surface area contributed by atoms with Crippen molar-refractivity contribution in [3.05, 3.63) is 102 Å². The van der Waals surface area contributed by atoms with Gasteiger partial charge in [0.15, 0.2) is 5.76 Å². The van der Waals surface area contributed by atoms with Crippen LogP contribution in [0.1, 0.15) is 47.5 Å². The molecular formula is C31H32N4O7. The first-order valence-corrected chi connectivity index (χ1v) is 13.9. The smallest absolute Gasteiger partial charge is 0.254 e. The minimum atomic E-state index is -1.08. The maximum absolute atomic E-state index is 13.5. The topological polar surface area (TPSA) is 150 Å². The molecule has 3 aromatic heterocycles. The largest absolute Gasteiger partial charge is 0.502 e. The van der Waals surface area contributed by atoms with Crippen LogP contribution in [0.3, 0.4) is 0 Å². The molecule has 4 aromatic rings. The van der Waals surface area contributed by atoms with Crippen LogP contribution in [0.5, 0.6) is 11.5 Å². The molecule has 0 aliphatic carbocycles. The van der Waals surface area contributed by atoms with Gasteiger partial charge in [0, 0.05) is 68.5 Å². The lowest BCUT2D eigenvalue weighted by Gasteiger charge is -2.42. The Morgan fingerprint density at radius 3 is 2.69 bits per heavy atom. The van der Waals surface area contributed by atoms with Gasteiger partial charge in [-0.2, -0.15) is 0 Å². The molecule has 0 spiro atoms. The third-order valence-corrected chi connectivity index (χ3v) is 8.49. The standard InChI is InChI=1S/C31H32N4O7/c1-33-25-10-20(41-2)7-6-18(25)9-23(31(33)40)22(12-27(32)37)30-29(39)26(36)11-21(42-30)16-34-13-17-8-19(15-34)24-4-3-5-28(38)35(24)14-17/h3-7,9-11,17,19,22,39H,8,12-16H2,1-2H3,(H2,32,37)/t17-,19+,22?/m1/s1. The quantitative estimate of drug-likeness (QED) is 0.341. The summed E-state index contributed by atoms with van der Waals surface area (Å²) in [6, 6.07) is 13.5. The van der Waals surface area contributed by atoms with E-state index in [0.29, 0.717) is 42.0 Å². The van der Waals surface area contributed by atoms with E-state index in [1.807, 2.05) is 10.6 Å². The number of ether oxygens (including phenoxy) is 1. The van der Waals surface area contributed by atoms with Gasteiger partial charge in [0.2, 0.25) is 17.1 Å². The van der Waals surface area contributed by atoms with Gasteiger partial charge < -0.3 is 29.1 Å². The number of likely N-dealkylation sites (tertiary alicyclic amines) is 1. The van der Waals surface area contributed by atoms with Crippen molar-refractivity contribution in [1.82, 2.24) is 14.0 Å². The van der Waals surface area contributed by atoms with Crippen molar-refractivity contribution in [2.24, 2.45) is 18.7 Å². The highest BCUT2D eigenvalue weighted by Crippen LogP contribution is 2.37. The fraction of sp³-hybridized carbons (Fsp3) is 0.355. The van der Waals surface area contributed by atoms with Crippen molar-refractivity contribution in [3.63, 3.8) is 0 Å². The first kappa shape index (κ1) is 27.5. The van der Waals surface area contributed by atoms with E-state index in [0.717, 1.165) is 12.1 Å². The van der Waals surface area contributed by atoms with Crippen LogP contribution in [0.4, 0.5) is 0 Å². The third kappa shape index (κ3) is 4.89. The van der Waals surface area contributed by atoms with E-state index in [-0.39, 0.29) is 41.7 Å². The predicted molar refractivity (Wildman–Crippen MR) is 155 cm³/mol. The van der Waals surface area contributed by atoms with Gasteiger partial charge in [-0.3, -0.25) is 24.1 Å². The van der Waals surface area contributed by atoms with Gasteiger partial charge in [-0.1, -0.05) is 6.07 Å². The van der Waals surface area contributed by atoms with Crippen molar-refractivity contribution >= 4 is 16.8 Å². The molecule has 2 aliphatic rings. The van der Waals surface area contributed by atoms with E-state index in [1.165, 1.54) is 17.7 Å². The summed E-state index contributed by atoms with van der Waals surface area (Å²) in [7, 11) is 3.13. The molecule has 11 nitrogen and oxygen atoms in total. The van der Waals surface area contributed by atoms with Gasteiger partial charge >= 0.3 is 0 Å². The molecule has 1 amide bonds. The lowest BCUT2D eigenvalue weighted by Crippen LogP contribution is -2.46. The maximum Gasteiger partial charge on any atom is 0.254 e. The summed E-state index contributed by atoms with van der Waals surface area (Å²) in [5.41, 5.74) is 6.28. The minimum absolute atomic E-state index is 0.00397. The van der Waals surface area contributed by atoms with Crippen LogP contribution in [0.2, 0.25) is 0 Å². The lowest BCUT2D eigenvalue weighted by atomic mass is 9.83. The number of pyridine rings is 2. The molecule has 11 heteroatoms. The number of nitrogens with zero attached hydrogens (tertiary/aromatic N) is 3. The highest BCUT2D eigenvalue weighted by Gasteiger charge is 2.35. The molecule has 1 aromatic carbocycles.